The lowest BCUT2D eigenvalue weighted by Crippen LogP contribution is -2.53. The number of para-hydroxylation sites is 1. The van der Waals surface area contributed by atoms with Gasteiger partial charge in [-0.25, -0.2) is 4.79 Å². The number of nitrogens with zero attached hydrogens (tertiary/aromatic N) is 1. The van der Waals surface area contributed by atoms with Crippen LogP contribution in [0.2, 0.25) is 0 Å². The minimum Gasteiger partial charge on any atom is -0.508 e. The summed E-state index contributed by atoms with van der Waals surface area (Å²) in [7, 11) is 0. The molecule has 0 radical (unpaired) electrons. The summed E-state index contributed by atoms with van der Waals surface area (Å²) in [5.74, 6) is -0.892. The predicted molar refractivity (Wildman–Crippen MR) is 158 cm³/mol. The molecule has 2 rings (SSSR count). The number of amides is 3. The maximum absolute atomic E-state index is 14.0. The van der Waals surface area contributed by atoms with Crippen molar-refractivity contribution in [2.45, 2.75) is 84.4 Å². The minimum absolute atomic E-state index is 0.0105. The van der Waals surface area contributed by atoms with Gasteiger partial charge < -0.3 is 25.4 Å². The summed E-state index contributed by atoms with van der Waals surface area (Å²) >= 11 is 4.33. The maximum Gasteiger partial charge on any atom is 0.408 e. The van der Waals surface area contributed by atoms with Gasteiger partial charge in [0.05, 0.1) is 0 Å². The lowest BCUT2D eigenvalue weighted by molar-refractivity contribution is -0.140. The molecule has 2 aromatic carbocycles. The van der Waals surface area contributed by atoms with Crippen molar-refractivity contribution in [1.29, 1.82) is 0 Å². The Morgan fingerprint density at radius 3 is 2.33 bits per heavy atom. The molecule has 0 spiro atoms. The number of hydrogen-bond acceptors (Lipinski definition) is 6. The van der Waals surface area contributed by atoms with Crippen LogP contribution < -0.4 is 10.6 Å². The third-order valence-corrected chi connectivity index (χ3v) is 6.47. The fraction of sp³-hybridized carbons (Fsp3) is 0.500. The third kappa shape index (κ3) is 10.5. The molecule has 9 heteroatoms. The van der Waals surface area contributed by atoms with E-state index in [1.807, 2.05) is 25.1 Å². The first-order valence-electron chi connectivity index (χ1n) is 13.5. The number of rotatable bonds is 13. The number of alkyl carbamates (subject to hydrolysis) is 1. The van der Waals surface area contributed by atoms with Gasteiger partial charge in [0.1, 0.15) is 23.4 Å². The summed E-state index contributed by atoms with van der Waals surface area (Å²) in [5.41, 5.74) is 1.21. The van der Waals surface area contributed by atoms with Crippen molar-refractivity contribution in [3.63, 3.8) is 0 Å². The van der Waals surface area contributed by atoms with Gasteiger partial charge in [0, 0.05) is 18.0 Å². The molecule has 0 aliphatic rings. The van der Waals surface area contributed by atoms with E-state index in [2.05, 4.69) is 30.2 Å². The Hall–Kier alpha value is -3.20. The van der Waals surface area contributed by atoms with Crippen LogP contribution in [0, 0.1) is 6.92 Å². The van der Waals surface area contributed by atoms with Gasteiger partial charge in [-0.2, -0.15) is 12.6 Å². The number of nitrogens with one attached hydrogen (secondary N) is 2. The Labute approximate surface area is 237 Å². The van der Waals surface area contributed by atoms with Crippen LogP contribution in [-0.2, 0) is 14.3 Å². The smallest absolute Gasteiger partial charge is 0.408 e. The first kappa shape index (κ1) is 32.0. The molecule has 2 unspecified atom stereocenters. The van der Waals surface area contributed by atoms with Gasteiger partial charge >= 0.3 is 6.09 Å². The van der Waals surface area contributed by atoms with Crippen LogP contribution >= 0.6 is 12.6 Å². The topological polar surface area (TPSA) is 108 Å². The molecule has 2 atom stereocenters. The zero-order valence-corrected chi connectivity index (χ0v) is 24.6. The molecule has 3 amide bonds. The van der Waals surface area contributed by atoms with Crippen molar-refractivity contribution in [3.05, 3.63) is 59.7 Å². The predicted octanol–water partition coefficient (Wildman–Crippen LogP) is 6.00. The SMILES string of the molecule is CCCCCCCN(C(=O)C(CS)NC(=O)OC(C)(C)C)C(C(=O)Nc1ccccc1C)c1cccc(O)c1. The summed E-state index contributed by atoms with van der Waals surface area (Å²) in [6.45, 7) is 9.51. The molecule has 2 aromatic rings. The van der Waals surface area contributed by atoms with Crippen LogP contribution in [0.4, 0.5) is 10.5 Å². The van der Waals surface area contributed by atoms with Crippen molar-refractivity contribution in [2.75, 3.05) is 17.6 Å². The van der Waals surface area contributed by atoms with Gasteiger partial charge in [-0.05, 0) is 63.4 Å². The molecule has 0 aliphatic heterocycles. The number of aromatic hydroxyl groups is 1. The number of phenolic OH excluding ortho intramolecular Hbond substituents is 1. The normalized spacial score (nSPS) is 12.8. The summed E-state index contributed by atoms with van der Waals surface area (Å²) in [6, 6.07) is 11.6. The Balaban J connectivity index is 2.47. The maximum atomic E-state index is 14.0. The quantitative estimate of drug-likeness (QED) is 0.178. The number of thiol groups is 1. The number of carbonyl (C=O) groups is 3. The van der Waals surface area contributed by atoms with E-state index >= 15 is 0 Å². The van der Waals surface area contributed by atoms with Crippen LogP contribution in [-0.4, -0.2) is 51.9 Å². The molecule has 39 heavy (non-hydrogen) atoms. The lowest BCUT2D eigenvalue weighted by Gasteiger charge is -2.34. The second kappa shape index (κ2) is 15.4. The van der Waals surface area contributed by atoms with Crippen LogP contribution in [0.5, 0.6) is 5.75 Å². The number of hydrogen-bond donors (Lipinski definition) is 4. The second-order valence-corrected chi connectivity index (χ2v) is 11.0. The number of phenols is 1. The van der Waals surface area contributed by atoms with E-state index in [1.54, 1.807) is 39.0 Å². The molecule has 3 N–H and O–H groups in total. The van der Waals surface area contributed by atoms with Crippen molar-refractivity contribution in [3.8, 4) is 5.75 Å². The van der Waals surface area contributed by atoms with E-state index in [0.29, 0.717) is 17.7 Å². The molecule has 0 fully saturated rings. The van der Waals surface area contributed by atoms with E-state index < -0.39 is 35.6 Å². The summed E-state index contributed by atoms with van der Waals surface area (Å²) in [4.78, 5) is 41.9. The van der Waals surface area contributed by atoms with E-state index in [0.717, 1.165) is 31.2 Å². The van der Waals surface area contributed by atoms with Crippen molar-refractivity contribution in [1.82, 2.24) is 10.2 Å². The average Bonchev–Trinajstić information content (AvgIpc) is 2.86. The largest absolute Gasteiger partial charge is 0.508 e. The summed E-state index contributed by atoms with van der Waals surface area (Å²) in [6.07, 6.45) is 3.98. The molecule has 0 heterocycles. The molecule has 0 aliphatic carbocycles. The highest BCUT2D eigenvalue weighted by atomic mass is 32.1. The average molecular weight is 558 g/mol. The number of aryl methyl sites for hydroxylation is 1. The Bertz CT molecular complexity index is 1100. The number of anilines is 1. The van der Waals surface area contributed by atoms with E-state index in [4.69, 9.17) is 4.74 Å². The number of ether oxygens (including phenoxy) is 1. The molecule has 214 valence electrons. The molecule has 0 bridgehead atoms. The van der Waals surface area contributed by atoms with E-state index in [-0.39, 0.29) is 18.0 Å². The molecular weight excluding hydrogens is 514 g/mol. The van der Waals surface area contributed by atoms with Gasteiger partial charge in [-0.15, -0.1) is 0 Å². The minimum atomic E-state index is -1.06. The lowest BCUT2D eigenvalue weighted by atomic mass is 10.0. The van der Waals surface area contributed by atoms with Crippen molar-refractivity contribution in [2.24, 2.45) is 0 Å². The first-order chi connectivity index (χ1) is 18.5. The Morgan fingerprint density at radius 1 is 1.03 bits per heavy atom. The molecule has 0 saturated heterocycles. The Morgan fingerprint density at radius 2 is 1.72 bits per heavy atom. The van der Waals surface area contributed by atoms with E-state index in [9.17, 15) is 19.5 Å². The summed E-state index contributed by atoms with van der Waals surface area (Å²) in [5, 5.41) is 15.8. The number of carbonyl (C=O) groups excluding carboxylic acids is 3. The van der Waals surface area contributed by atoms with Crippen LogP contribution in [0.3, 0.4) is 0 Å². The first-order valence-corrected chi connectivity index (χ1v) is 14.2. The number of benzene rings is 2. The third-order valence-electron chi connectivity index (χ3n) is 6.11. The van der Waals surface area contributed by atoms with Gasteiger partial charge in [0.2, 0.25) is 5.91 Å². The van der Waals surface area contributed by atoms with Gasteiger partial charge in [-0.1, -0.05) is 62.9 Å². The Kier molecular flexibility index (Phi) is 12.6. The molecule has 8 nitrogen and oxygen atoms in total. The van der Waals surface area contributed by atoms with Gasteiger partial charge in [0.25, 0.3) is 5.91 Å². The monoisotopic (exact) mass is 557 g/mol. The van der Waals surface area contributed by atoms with Crippen LogP contribution in [0.1, 0.15) is 77.0 Å². The second-order valence-electron chi connectivity index (χ2n) is 10.6. The highest BCUT2D eigenvalue weighted by Gasteiger charge is 2.36. The zero-order chi connectivity index (χ0) is 29.0. The highest BCUT2D eigenvalue weighted by Crippen LogP contribution is 2.28. The highest BCUT2D eigenvalue weighted by molar-refractivity contribution is 7.80. The molecule has 0 aromatic heterocycles. The van der Waals surface area contributed by atoms with Crippen LogP contribution in [0.25, 0.3) is 0 Å². The molecular formula is C30H43N3O5S. The standard InChI is InChI=1S/C30H43N3O5S/c1-6-7-8-9-12-18-33(28(36)25(20-39)32-29(37)38-30(3,4)5)26(22-15-13-16-23(34)19-22)27(35)31-24-17-11-10-14-21(24)2/h10-11,13-17,19,25-26,34,39H,6-9,12,18,20H2,1-5H3,(H,31,35)(H,32,37). The van der Waals surface area contributed by atoms with Gasteiger partial charge in [0.15, 0.2) is 0 Å². The van der Waals surface area contributed by atoms with Crippen LogP contribution in [0.15, 0.2) is 48.5 Å². The van der Waals surface area contributed by atoms with Gasteiger partial charge in [-0.3, -0.25) is 9.59 Å². The van der Waals surface area contributed by atoms with E-state index in [1.165, 1.54) is 17.0 Å². The fourth-order valence-corrected chi connectivity index (χ4v) is 4.42. The fourth-order valence-electron chi connectivity index (χ4n) is 4.17. The molecule has 0 saturated carbocycles. The number of unbranched alkanes of at least 4 members (excludes halogenated alkanes) is 4. The summed E-state index contributed by atoms with van der Waals surface area (Å²) < 4.78 is 5.36. The zero-order valence-electron chi connectivity index (χ0n) is 23.7. The van der Waals surface area contributed by atoms with Crippen molar-refractivity contribution >= 4 is 36.2 Å². The van der Waals surface area contributed by atoms with Crippen molar-refractivity contribution < 1.29 is 24.2 Å².